The molecule has 0 radical (unpaired) electrons. The van der Waals surface area contributed by atoms with E-state index in [1.54, 1.807) is 0 Å². The number of hydrogen-bond acceptors (Lipinski definition) is 1. The van der Waals surface area contributed by atoms with E-state index in [0.29, 0.717) is 0 Å². The summed E-state index contributed by atoms with van der Waals surface area (Å²) in [4.78, 5) is 4.50. The maximum Gasteiger partial charge on any atom is 0.110 e. The summed E-state index contributed by atoms with van der Waals surface area (Å²) in [7, 11) is 0. The van der Waals surface area contributed by atoms with Gasteiger partial charge in [-0.3, -0.25) is 0 Å². The van der Waals surface area contributed by atoms with Crippen molar-refractivity contribution in [2.24, 2.45) is 5.92 Å². The number of nitrogens with zero attached hydrogens (tertiary/aromatic N) is 1. The molecule has 1 nitrogen and oxygen atoms in total. The second-order valence-corrected chi connectivity index (χ2v) is 4.66. The number of aromatic nitrogens is 1. The molecule has 66 valence electrons. The fourth-order valence-corrected chi connectivity index (χ4v) is 2.25. The van der Waals surface area contributed by atoms with Gasteiger partial charge in [-0.05, 0) is 57.5 Å². The van der Waals surface area contributed by atoms with Gasteiger partial charge in [0.2, 0.25) is 0 Å². The highest BCUT2D eigenvalue weighted by Crippen LogP contribution is 2.43. The zero-order valence-corrected chi connectivity index (χ0v) is 8.89. The standard InChI is InChI=1S/C11H10BrN/c1-6(7-2-3-7)10-5-8-4-9(8)11(12)13-10/h5,7H,1-4H2. The Bertz CT molecular complexity index is 405. The molecule has 3 rings (SSSR count). The van der Waals surface area contributed by atoms with Gasteiger partial charge in [-0.25, -0.2) is 4.98 Å². The van der Waals surface area contributed by atoms with Gasteiger partial charge in [-0.2, -0.15) is 0 Å². The van der Waals surface area contributed by atoms with Crippen molar-refractivity contribution in [3.8, 4) is 0 Å². The topological polar surface area (TPSA) is 12.9 Å². The maximum atomic E-state index is 4.50. The van der Waals surface area contributed by atoms with Gasteiger partial charge in [0.25, 0.3) is 0 Å². The average molecular weight is 236 g/mol. The SMILES string of the molecule is C=C(c1cc2c(c(Br)n1)C2)C1CC1. The van der Waals surface area contributed by atoms with Crippen LogP contribution < -0.4 is 0 Å². The Labute approximate surface area is 86.0 Å². The first-order valence-electron chi connectivity index (χ1n) is 4.63. The van der Waals surface area contributed by atoms with E-state index in [-0.39, 0.29) is 0 Å². The molecule has 0 saturated heterocycles. The van der Waals surface area contributed by atoms with Crippen molar-refractivity contribution < 1.29 is 0 Å². The fraction of sp³-hybridized carbons (Fsp3) is 0.364. The third-order valence-electron chi connectivity index (χ3n) is 2.81. The second kappa shape index (κ2) is 2.44. The van der Waals surface area contributed by atoms with E-state index in [1.807, 2.05) is 0 Å². The van der Waals surface area contributed by atoms with Crippen molar-refractivity contribution in [3.05, 3.63) is 34.1 Å². The minimum atomic E-state index is 0.719. The summed E-state index contributed by atoms with van der Waals surface area (Å²) >= 11 is 3.48. The summed E-state index contributed by atoms with van der Waals surface area (Å²) in [5.74, 6) is 0.719. The molecule has 0 amide bonds. The minimum Gasteiger partial charge on any atom is -0.241 e. The molecule has 0 aliphatic heterocycles. The molecule has 1 aromatic rings. The summed E-state index contributed by atoms with van der Waals surface area (Å²) in [6.07, 6.45) is 3.72. The molecule has 0 aromatic carbocycles. The normalized spacial score (nSPS) is 18.2. The van der Waals surface area contributed by atoms with Gasteiger partial charge in [0.05, 0.1) is 5.69 Å². The monoisotopic (exact) mass is 235 g/mol. The van der Waals surface area contributed by atoms with E-state index in [2.05, 4.69) is 33.6 Å². The molecule has 2 aliphatic rings. The van der Waals surface area contributed by atoms with Gasteiger partial charge in [0.1, 0.15) is 4.60 Å². The molecular formula is C11H10BrN. The number of hydrogen-bond donors (Lipinski definition) is 0. The first-order chi connectivity index (χ1) is 6.25. The van der Waals surface area contributed by atoms with Gasteiger partial charge < -0.3 is 0 Å². The van der Waals surface area contributed by atoms with Crippen LogP contribution in [0, 0.1) is 5.92 Å². The molecule has 0 bridgehead atoms. The summed E-state index contributed by atoms with van der Waals surface area (Å²) in [6, 6.07) is 2.20. The molecule has 1 aromatic heterocycles. The molecule has 1 saturated carbocycles. The molecule has 1 fully saturated rings. The largest absolute Gasteiger partial charge is 0.241 e. The van der Waals surface area contributed by atoms with E-state index in [1.165, 1.54) is 29.5 Å². The second-order valence-electron chi connectivity index (χ2n) is 3.91. The minimum absolute atomic E-state index is 0.719. The molecule has 0 unspecified atom stereocenters. The van der Waals surface area contributed by atoms with Crippen LogP contribution in [-0.2, 0) is 6.42 Å². The van der Waals surface area contributed by atoms with E-state index >= 15 is 0 Å². The molecule has 13 heavy (non-hydrogen) atoms. The molecule has 2 aliphatic carbocycles. The van der Waals surface area contributed by atoms with E-state index in [0.717, 1.165) is 22.6 Å². The Morgan fingerprint density at radius 3 is 2.92 bits per heavy atom. The highest BCUT2D eigenvalue weighted by Gasteiger charge is 2.29. The third kappa shape index (κ3) is 1.24. The van der Waals surface area contributed by atoms with Crippen LogP contribution in [0.4, 0.5) is 0 Å². The average Bonchev–Trinajstić information content (AvgIpc) is 2.97. The van der Waals surface area contributed by atoms with Crippen LogP contribution in [0.15, 0.2) is 17.2 Å². The lowest BCUT2D eigenvalue weighted by Gasteiger charge is -2.01. The third-order valence-corrected chi connectivity index (χ3v) is 3.46. The molecule has 0 atom stereocenters. The highest BCUT2D eigenvalue weighted by atomic mass is 79.9. The van der Waals surface area contributed by atoms with Crippen molar-refractivity contribution in [1.82, 2.24) is 4.98 Å². The van der Waals surface area contributed by atoms with Gasteiger partial charge >= 0.3 is 0 Å². The molecule has 0 spiro atoms. The maximum absolute atomic E-state index is 4.50. The number of fused-ring (bicyclic) bond motifs is 1. The zero-order valence-electron chi connectivity index (χ0n) is 7.31. The van der Waals surface area contributed by atoms with Crippen LogP contribution in [0.25, 0.3) is 5.57 Å². The van der Waals surface area contributed by atoms with Gasteiger partial charge in [-0.15, -0.1) is 0 Å². The number of pyridine rings is 1. The smallest absolute Gasteiger partial charge is 0.110 e. The van der Waals surface area contributed by atoms with Crippen LogP contribution >= 0.6 is 15.9 Å². The summed E-state index contributed by atoms with van der Waals surface area (Å²) in [5, 5.41) is 0. The first-order valence-corrected chi connectivity index (χ1v) is 5.42. The van der Waals surface area contributed by atoms with Crippen molar-refractivity contribution in [1.29, 1.82) is 0 Å². The van der Waals surface area contributed by atoms with Gasteiger partial charge in [0.15, 0.2) is 0 Å². The lowest BCUT2D eigenvalue weighted by atomic mass is 10.1. The lowest BCUT2D eigenvalue weighted by Crippen LogP contribution is -1.89. The number of rotatable bonds is 2. The Morgan fingerprint density at radius 1 is 1.54 bits per heavy atom. The van der Waals surface area contributed by atoms with Crippen molar-refractivity contribution in [2.45, 2.75) is 19.3 Å². The predicted molar refractivity (Wildman–Crippen MR) is 56.5 cm³/mol. The zero-order chi connectivity index (χ0) is 9.00. The summed E-state index contributed by atoms with van der Waals surface area (Å²) in [5.41, 5.74) is 5.16. The Balaban J connectivity index is 2.01. The summed E-state index contributed by atoms with van der Waals surface area (Å²) in [6.45, 7) is 4.11. The summed E-state index contributed by atoms with van der Waals surface area (Å²) < 4.78 is 1.03. The lowest BCUT2D eigenvalue weighted by molar-refractivity contribution is 1.11. The predicted octanol–water partition coefficient (Wildman–Crippen LogP) is 3.17. The molecular weight excluding hydrogens is 226 g/mol. The van der Waals surface area contributed by atoms with Crippen LogP contribution in [0.3, 0.4) is 0 Å². The molecule has 0 N–H and O–H groups in total. The number of allylic oxidation sites excluding steroid dienone is 1. The Hall–Kier alpha value is -0.630. The Morgan fingerprint density at radius 2 is 2.31 bits per heavy atom. The van der Waals surface area contributed by atoms with Crippen LogP contribution in [0.5, 0.6) is 0 Å². The quantitative estimate of drug-likeness (QED) is 0.730. The van der Waals surface area contributed by atoms with Crippen LogP contribution in [-0.4, -0.2) is 4.98 Å². The number of halogens is 1. The van der Waals surface area contributed by atoms with Crippen molar-refractivity contribution >= 4 is 21.5 Å². The van der Waals surface area contributed by atoms with Gasteiger partial charge in [-0.1, -0.05) is 6.58 Å². The van der Waals surface area contributed by atoms with Crippen LogP contribution in [0.1, 0.15) is 29.7 Å². The van der Waals surface area contributed by atoms with Crippen molar-refractivity contribution in [3.63, 3.8) is 0 Å². The molecule has 1 heterocycles. The highest BCUT2D eigenvalue weighted by molar-refractivity contribution is 9.10. The van der Waals surface area contributed by atoms with E-state index in [4.69, 9.17) is 0 Å². The van der Waals surface area contributed by atoms with E-state index in [9.17, 15) is 0 Å². The Kier molecular flexibility index (Phi) is 1.46. The fourth-order valence-electron chi connectivity index (χ4n) is 1.67. The van der Waals surface area contributed by atoms with Crippen molar-refractivity contribution in [2.75, 3.05) is 0 Å². The van der Waals surface area contributed by atoms with Gasteiger partial charge in [0, 0.05) is 6.42 Å². The molecule has 2 heteroatoms. The first kappa shape index (κ1) is 7.74. The van der Waals surface area contributed by atoms with Crippen LogP contribution in [0.2, 0.25) is 0 Å². The van der Waals surface area contributed by atoms with E-state index < -0.39 is 0 Å².